The summed E-state index contributed by atoms with van der Waals surface area (Å²) in [5.74, 6) is 0. The summed E-state index contributed by atoms with van der Waals surface area (Å²) in [7, 11) is 0. The molecule has 2 rings (SSSR count). The molecule has 2 heteroatoms. The Balaban J connectivity index is 2.17. The predicted molar refractivity (Wildman–Crippen MR) is 60.6 cm³/mol. The van der Waals surface area contributed by atoms with E-state index in [0.29, 0.717) is 6.04 Å². The Morgan fingerprint density at radius 3 is 3.00 bits per heavy atom. The summed E-state index contributed by atoms with van der Waals surface area (Å²) in [4.78, 5) is 2.47. The second kappa shape index (κ2) is 4.01. The van der Waals surface area contributed by atoms with Crippen LogP contribution in [0.15, 0.2) is 24.3 Å². The van der Waals surface area contributed by atoms with Crippen LogP contribution in [0.2, 0.25) is 0 Å². The fraction of sp³-hybridized carbons (Fsp3) is 0.500. The van der Waals surface area contributed by atoms with Crippen LogP contribution in [0.3, 0.4) is 0 Å². The summed E-state index contributed by atoms with van der Waals surface area (Å²) in [6, 6.07) is 9.26. The zero-order valence-electron chi connectivity index (χ0n) is 8.74. The number of para-hydroxylation sites is 1. The van der Waals surface area contributed by atoms with Crippen molar-refractivity contribution in [3.05, 3.63) is 29.8 Å². The Kier molecular flexibility index (Phi) is 2.73. The van der Waals surface area contributed by atoms with Gasteiger partial charge in [-0.2, -0.15) is 0 Å². The summed E-state index contributed by atoms with van der Waals surface area (Å²) in [5.41, 5.74) is 8.48. The molecule has 2 N–H and O–H groups in total. The second-order valence-electron chi connectivity index (χ2n) is 4.00. The molecule has 0 radical (unpaired) electrons. The molecule has 1 aliphatic rings. The third-order valence-corrected chi connectivity index (χ3v) is 3.04. The molecule has 0 saturated carbocycles. The number of anilines is 1. The van der Waals surface area contributed by atoms with Crippen molar-refractivity contribution in [2.24, 2.45) is 5.73 Å². The van der Waals surface area contributed by atoms with E-state index in [1.165, 1.54) is 17.7 Å². The number of hydrogen-bond donors (Lipinski definition) is 1. The highest BCUT2D eigenvalue weighted by molar-refractivity contribution is 5.58. The quantitative estimate of drug-likeness (QED) is 0.787. The lowest BCUT2D eigenvalue weighted by Gasteiger charge is -2.26. The number of benzene rings is 1. The first-order chi connectivity index (χ1) is 6.83. The van der Waals surface area contributed by atoms with Gasteiger partial charge in [0, 0.05) is 18.3 Å². The van der Waals surface area contributed by atoms with Crippen LogP contribution in [-0.2, 0) is 6.42 Å². The highest BCUT2D eigenvalue weighted by Gasteiger charge is 2.21. The van der Waals surface area contributed by atoms with Gasteiger partial charge < -0.3 is 10.6 Å². The molecule has 0 fully saturated rings. The van der Waals surface area contributed by atoms with Crippen LogP contribution in [0.25, 0.3) is 0 Å². The van der Waals surface area contributed by atoms with Crippen molar-refractivity contribution in [1.29, 1.82) is 0 Å². The second-order valence-corrected chi connectivity index (χ2v) is 4.00. The molecule has 1 heterocycles. The van der Waals surface area contributed by atoms with Crippen molar-refractivity contribution >= 4 is 5.69 Å². The Morgan fingerprint density at radius 1 is 1.43 bits per heavy atom. The zero-order valence-corrected chi connectivity index (χ0v) is 8.74. The first kappa shape index (κ1) is 9.53. The molecule has 1 aliphatic heterocycles. The summed E-state index contributed by atoms with van der Waals surface area (Å²) < 4.78 is 0. The van der Waals surface area contributed by atoms with Crippen molar-refractivity contribution < 1.29 is 0 Å². The van der Waals surface area contributed by atoms with Gasteiger partial charge in [-0.15, -0.1) is 0 Å². The molecular formula is C12H18N2. The minimum absolute atomic E-state index is 0.573. The van der Waals surface area contributed by atoms with Crippen LogP contribution in [0.4, 0.5) is 5.69 Å². The molecule has 1 atom stereocenters. The van der Waals surface area contributed by atoms with Crippen LogP contribution < -0.4 is 10.6 Å². The molecule has 1 aromatic carbocycles. The van der Waals surface area contributed by atoms with Gasteiger partial charge in [0.05, 0.1) is 0 Å². The van der Waals surface area contributed by atoms with Gasteiger partial charge in [0.2, 0.25) is 0 Å². The molecule has 0 bridgehead atoms. The van der Waals surface area contributed by atoms with E-state index in [0.717, 1.165) is 19.5 Å². The highest BCUT2D eigenvalue weighted by atomic mass is 15.2. The maximum Gasteiger partial charge on any atom is 0.0401 e. The first-order valence-corrected chi connectivity index (χ1v) is 5.37. The maximum absolute atomic E-state index is 5.59. The number of hydrogen-bond acceptors (Lipinski definition) is 2. The summed E-state index contributed by atoms with van der Waals surface area (Å²) >= 11 is 0. The highest BCUT2D eigenvalue weighted by Crippen LogP contribution is 2.29. The lowest BCUT2D eigenvalue weighted by atomic mass is 10.1. The third kappa shape index (κ3) is 1.62. The molecular weight excluding hydrogens is 172 g/mol. The van der Waals surface area contributed by atoms with E-state index in [4.69, 9.17) is 5.73 Å². The molecule has 0 aliphatic carbocycles. The van der Waals surface area contributed by atoms with Gasteiger partial charge in [0.25, 0.3) is 0 Å². The van der Waals surface area contributed by atoms with Crippen LogP contribution in [-0.4, -0.2) is 19.1 Å². The topological polar surface area (TPSA) is 29.3 Å². The minimum atomic E-state index is 0.573. The van der Waals surface area contributed by atoms with Gasteiger partial charge in [0.1, 0.15) is 0 Å². The van der Waals surface area contributed by atoms with E-state index in [9.17, 15) is 0 Å². The number of rotatable bonds is 3. The predicted octanol–water partition coefficient (Wildman–Crippen LogP) is 1.79. The average molecular weight is 190 g/mol. The van der Waals surface area contributed by atoms with E-state index in [-0.39, 0.29) is 0 Å². The fourth-order valence-corrected chi connectivity index (χ4v) is 2.22. The Hall–Kier alpha value is -1.02. The first-order valence-electron chi connectivity index (χ1n) is 5.37. The smallest absolute Gasteiger partial charge is 0.0401 e. The molecule has 0 aromatic heterocycles. The molecule has 1 unspecified atom stereocenters. The summed E-state index contributed by atoms with van der Waals surface area (Å²) in [5, 5.41) is 0. The van der Waals surface area contributed by atoms with Gasteiger partial charge >= 0.3 is 0 Å². The normalized spacial score (nSPS) is 16.9. The van der Waals surface area contributed by atoms with Crippen LogP contribution in [0.1, 0.15) is 18.9 Å². The van der Waals surface area contributed by atoms with Gasteiger partial charge in [-0.3, -0.25) is 0 Å². The Morgan fingerprint density at radius 2 is 2.21 bits per heavy atom. The molecule has 76 valence electrons. The van der Waals surface area contributed by atoms with Crippen molar-refractivity contribution in [1.82, 2.24) is 0 Å². The van der Waals surface area contributed by atoms with Crippen LogP contribution in [0, 0.1) is 0 Å². The van der Waals surface area contributed by atoms with Crippen molar-refractivity contribution in [3.8, 4) is 0 Å². The van der Waals surface area contributed by atoms with Crippen LogP contribution >= 0.6 is 0 Å². The summed E-state index contributed by atoms with van der Waals surface area (Å²) in [6.07, 6.45) is 2.26. The molecule has 0 amide bonds. The fourth-order valence-electron chi connectivity index (χ4n) is 2.22. The Labute approximate surface area is 85.7 Å². The largest absolute Gasteiger partial charge is 0.368 e. The number of nitrogens with two attached hydrogens (primary N) is 1. The molecule has 2 nitrogen and oxygen atoms in total. The lowest BCUT2D eigenvalue weighted by Crippen LogP contribution is -2.32. The van der Waals surface area contributed by atoms with E-state index >= 15 is 0 Å². The monoisotopic (exact) mass is 190 g/mol. The summed E-state index contributed by atoms with van der Waals surface area (Å²) in [6.45, 7) is 4.19. The number of fused-ring (bicyclic) bond motifs is 1. The Bertz CT molecular complexity index is 309. The van der Waals surface area contributed by atoms with Crippen molar-refractivity contribution in [3.63, 3.8) is 0 Å². The van der Waals surface area contributed by atoms with Gasteiger partial charge in [-0.25, -0.2) is 0 Å². The van der Waals surface area contributed by atoms with Gasteiger partial charge in [-0.05, 0) is 37.9 Å². The lowest BCUT2D eigenvalue weighted by molar-refractivity contribution is 0.612. The molecule has 14 heavy (non-hydrogen) atoms. The van der Waals surface area contributed by atoms with E-state index in [1.807, 2.05) is 0 Å². The van der Waals surface area contributed by atoms with E-state index in [2.05, 4.69) is 36.1 Å². The molecule has 0 spiro atoms. The van der Waals surface area contributed by atoms with Gasteiger partial charge in [-0.1, -0.05) is 18.2 Å². The van der Waals surface area contributed by atoms with E-state index in [1.54, 1.807) is 0 Å². The average Bonchev–Trinajstić information content (AvgIpc) is 2.61. The van der Waals surface area contributed by atoms with Crippen molar-refractivity contribution in [2.75, 3.05) is 18.0 Å². The third-order valence-electron chi connectivity index (χ3n) is 3.04. The van der Waals surface area contributed by atoms with Gasteiger partial charge in [0.15, 0.2) is 0 Å². The zero-order chi connectivity index (χ0) is 9.97. The maximum atomic E-state index is 5.59. The molecule has 1 aromatic rings. The standard InChI is InChI=1S/C12H18N2/c1-10(6-8-13)14-9-7-11-4-2-3-5-12(11)14/h2-5,10H,6-9,13H2,1H3. The minimum Gasteiger partial charge on any atom is -0.368 e. The van der Waals surface area contributed by atoms with Crippen molar-refractivity contribution in [2.45, 2.75) is 25.8 Å². The van der Waals surface area contributed by atoms with Crippen LogP contribution in [0.5, 0.6) is 0 Å². The number of nitrogens with zero attached hydrogens (tertiary/aromatic N) is 1. The molecule has 0 saturated heterocycles. The van der Waals surface area contributed by atoms with E-state index < -0.39 is 0 Å². The SMILES string of the molecule is CC(CCN)N1CCc2ccccc21.